The van der Waals surface area contributed by atoms with Crippen molar-refractivity contribution in [1.82, 2.24) is 4.90 Å². The SMILES string of the molecule is Cc1cc(C(=O)N2CCCCC2C(N)=O)ccc1F. The molecule has 4 nitrogen and oxygen atoms in total. The molecular formula is C14H17FN2O2. The fourth-order valence-electron chi connectivity index (χ4n) is 2.41. The van der Waals surface area contributed by atoms with Gasteiger partial charge in [-0.25, -0.2) is 4.39 Å². The fraction of sp³-hybridized carbons (Fsp3) is 0.429. The van der Waals surface area contributed by atoms with Gasteiger partial charge >= 0.3 is 0 Å². The van der Waals surface area contributed by atoms with Crippen molar-refractivity contribution in [3.05, 3.63) is 35.1 Å². The van der Waals surface area contributed by atoms with Gasteiger partial charge in [0, 0.05) is 12.1 Å². The lowest BCUT2D eigenvalue weighted by Crippen LogP contribution is -2.50. The Kier molecular flexibility index (Phi) is 3.83. The Morgan fingerprint density at radius 3 is 2.74 bits per heavy atom. The second kappa shape index (κ2) is 5.38. The molecule has 1 aromatic carbocycles. The number of nitrogens with two attached hydrogens (primary N) is 1. The highest BCUT2D eigenvalue weighted by molar-refractivity contribution is 5.97. The summed E-state index contributed by atoms with van der Waals surface area (Å²) in [6.07, 6.45) is 2.34. The quantitative estimate of drug-likeness (QED) is 0.882. The van der Waals surface area contributed by atoms with E-state index in [1.54, 1.807) is 6.92 Å². The lowest BCUT2D eigenvalue weighted by molar-refractivity contribution is -0.123. The van der Waals surface area contributed by atoms with Crippen LogP contribution in [0.5, 0.6) is 0 Å². The average Bonchev–Trinajstić information content (AvgIpc) is 2.41. The zero-order valence-electron chi connectivity index (χ0n) is 10.9. The number of primary amides is 1. The topological polar surface area (TPSA) is 63.4 Å². The van der Waals surface area contributed by atoms with Crippen molar-refractivity contribution < 1.29 is 14.0 Å². The molecule has 5 heteroatoms. The third kappa shape index (κ3) is 2.75. The molecule has 1 saturated heterocycles. The number of hydrogen-bond acceptors (Lipinski definition) is 2. The highest BCUT2D eigenvalue weighted by Crippen LogP contribution is 2.20. The van der Waals surface area contributed by atoms with Crippen LogP contribution in [0.25, 0.3) is 0 Å². The molecule has 1 atom stereocenters. The molecule has 1 aromatic rings. The van der Waals surface area contributed by atoms with Crippen LogP contribution < -0.4 is 5.73 Å². The minimum absolute atomic E-state index is 0.258. The first-order valence-electron chi connectivity index (χ1n) is 6.37. The van der Waals surface area contributed by atoms with Gasteiger partial charge in [0.2, 0.25) is 5.91 Å². The third-order valence-electron chi connectivity index (χ3n) is 3.50. The minimum Gasteiger partial charge on any atom is -0.368 e. The van der Waals surface area contributed by atoms with Crippen molar-refractivity contribution in [2.45, 2.75) is 32.2 Å². The molecule has 2 rings (SSSR count). The van der Waals surface area contributed by atoms with E-state index in [-0.39, 0.29) is 11.7 Å². The number of piperidine rings is 1. The summed E-state index contributed by atoms with van der Waals surface area (Å²) in [7, 11) is 0. The van der Waals surface area contributed by atoms with Gasteiger partial charge in [-0.3, -0.25) is 9.59 Å². The van der Waals surface area contributed by atoms with Crippen molar-refractivity contribution in [2.24, 2.45) is 5.73 Å². The van der Waals surface area contributed by atoms with Gasteiger partial charge in [-0.15, -0.1) is 0 Å². The number of rotatable bonds is 2. The summed E-state index contributed by atoms with van der Waals surface area (Å²) in [6, 6.07) is 3.67. The van der Waals surface area contributed by atoms with Gasteiger partial charge in [-0.1, -0.05) is 0 Å². The monoisotopic (exact) mass is 264 g/mol. The molecule has 1 aliphatic heterocycles. The van der Waals surface area contributed by atoms with Gasteiger partial charge in [0.15, 0.2) is 0 Å². The number of nitrogens with zero attached hydrogens (tertiary/aromatic N) is 1. The number of carbonyl (C=O) groups excluding carboxylic acids is 2. The zero-order chi connectivity index (χ0) is 14.0. The van der Waals surface area contributed by atoms with Crippen LogP contribution in [0.4, 0.5) is 4.39 Å². The fourth-order valence-corrected chi connectivity index (χ4v) is 2.41. The Morgan fingerprint density at radius 1 is 1.37 bits per heavy atom. The molecule has 0 spiro atoms. The molecule has 0 saturated carbocycles. The van der Waals surface area contributed by atoms with Crippen LogP contribution in [0.15, 0.2) is 18.2 Å². The minimum atomic E-state index is -0.549. The molecule has 2 N–H and O–H groups in total. The summed E-state index contributed by atoms with van der Waals surface area (Å²) in [4.78, 5) is 25.3. The van der Waals surface area contributed by atoms with Gasteiger partial charge in [0.25, 0.3) is 5.91 Å². The summed E-state index contributed by atoms with van der Waals surface area (Å²) >= 11 is 0. The third-order valence-corrected chi connectivity index (χ3v) is 3.50. The van der Waals surface area contributed by atoms with Gasteiger partial charge < -0.3 is 10.6 Å². The Labute approximate surface area is 111 Å². The molecule has 0 aromatic heterocycles. The molecule has 1 fully saturated rings. The Balaban J connectivity index is 2.26. The largest absolute Gasteiger partial charge is 0.368 e. The summed E-state index contributed by atoms with van der Waals surface area (Å²) in [6.45, 7) is 2.12. The molecule has 1 unspecified atom stereocenters. The standard InChI is InChI=1S/C14H17FN2O2/c1-9-8-10(5-6-11(9)15)14(19)17-7-3-2-4-12(17)13(16)18/h5-6,8,12H,2-4,7H2,1H3,(H2,16,18). The van der Waals surface area contributed by atoms with E-state index >= 15 is 0 Å². The number of carbonyl (C=O) groups is 2. The number of likely N-dealkylation sites (tertiary alicyclic amines) is 1. The first-order valence-corrected chi connectivity index (χ1v) is 6.37. The van der Waals surface area contributed by atoms with Gasteiger partial charge in [0.1, 0.15) is 11.9 Å². The Hall–Kier alpha value is -1.91. The van der Waals surface area contributed by atoms with E-state index in [2.05, 4.69) is 0 Å². The second-order valence-corrected chi connectivity index (χ2v) is 4.88. The predicted octanol–water partition coefficient (Wildman–Crippen LogP) is 1.61. The van der Waals surface area contributed by atoms with Crippen LogP contribution in [0.1, 0.15) is 35.2 Å². The maximum atomic E-state index is 13.2. The maximum absolute atomic E-state index is 13.2. The zero-order valence-corrected chi connectivity index (χ0v) is 10.9. The molecule has 0 radical (unpaired) electrons. The van der Waals surface area contributed by atoms with E-state index in [4.69, 9.17) is 5.73 Å². The van der Waals surface area contributed by atoms with Crippen LogP contribution in [0, 0.1) is 12.7 Å². The molecule has 0 aliphatic carbocycles. The average molecular weight is 264 g/mol. The normalized spacial score (nSPS) is 19.3. The van der Waals surface area contributed by atoms with Crippen molar-refractivity contribution in [2.75, 3.05) is 6.54 Å². The summed E-state index contributed by atoms with van der Waals surface area (Å²) in [5.74, 6) is -1.08. The first-order chi connectivity index (χ1) is 9.00. The highest BCUT2D eigenvalue weighted by Gasteiger charge is 2.31. The number of hydrogen-bond donors (Lipinski definition) is 1. The lowest BCUT2D eigenvalue weighted by Gasteiger charge is -2.33. The number of halogens is 1. The lowest BCUT2D eigenvalue weighted by atomic mass is 10.00. The number of aryl methyl sites for hydroxylation is 1. The molecule has 2 amide bonds. The van der Waals surface area contributed by atoms with E-state index in [0.29, 0.717) is 24.1 Å². The van der Waals surface area contributed by atoms with Gasteiger partial charge in [-0.05, 0) is 49.9 Å². The van der Waals surface area contributed by atoms with Crippen molar-refractivity contribution in [1.29, 1.82) is 0 Å². The van der Waals surface area contributed by atoms with Crippen LogP contribution in [-0.4, -0.2) is 29.3 Å². The van der Waals surface area contributed by atoms with Gasteiger partial charge in [-0.2, -0.15) is 0 Å². The molecular weight excluding hydrogens is 247 g/mol. The van der Waals surface area contributed by atoms with Gasteiger partial charge in [0.05, 0.1) is 0 Å². The van der Waals surface area contributed by atoms with Crippen molar-refractivity contribution in [3.63, 3.8) is 0 Å². The van der Waals surface area contributed by atoms with Crippen LogP contribution >= 0.6 is 0 Å². The second-order valence-electron chi connectivity index (χ2n) is 4.88. The molecule has 0 bridgehead atoms. The predicted molar refractivity (Wildman–Crippen MR) is 69.0 cm³/mol. The van der Waals surface area contributed by atoms with E-state index in [1.807, 2.05) is 0 Å². The van der Waals surface area contributed by atoms with Crippen LogP contribution in [0.3, 0.4) is 0 Å². The first kappa shape index (κ1) is 13.5. The molecule has 1 aliphatic rings. The summed E-state index contributed by atoms with van der Waals surface area (Å²) in [5, 5.41) is 0. The smallest absolute Gasteiger partial charge is 0.254 e. The summed E-state index contributed by atoms with van der Waals surface area (Å²) in [5.41, 5.74) is 6.15. The van der Waals surface area contributed by atoms with Crippen molar-refractivity contribution >= 4 is 11.8 Å². The molecule has 102 valence electrons. The molecule has 1 heterocycles. The summed E-state index contributed by atoms with van der Waals surface area (Å²) < 4.78 is 13.2. The number of benzene rings is 1. The number of amides is 2. The van der Waals surface area contributed by atoms with E-state index in [1.165, 1.54) is 23.1 Å². The highest BCUT2D eigenvalue weighted by atomic mass is 19.1. The van der Waals surface area contributed by atoms with Crippen LogP contribution in [0.2, 0.25) is 0 Å². The van der Waals surface area contributed by atoms with Crippen molar-refractivity contribution in [3.8, 4) is 0 Å². The van der Waals surface area contributed by atoms with E-state index in [0.717, 1.165) is 12.8 Å². The maximum Gasteiger partial charge on any atom is 0.254 e. The Morgan fingerprint density at radius 2 is 2.11 bits per heavy atom. The Bertz CT molecular complexity index is 516. The van der Waals surface area contributed by atoms with Crippen LogP contribution in [-0.2, 0) is 4.79 Å². The molecule has 19 heavy (non-hydrogen) atoms. The van der Waals surface area contributed by atoms with E-state index in [9.17, 15) is 14.0 Å². The van der Waals surface area contributed by atoms with E-state index < -0.39 is 11.9 Å².